The highest BCUT2D eigenvalue weighted by molar-refractivity contribution is 5.54. The molecule has 0 radical (unpaired) electrons. The zero-order valence-electron chi connectivity index (χ0n) is 13.1. The molecule has 124 valence electrons. The molecule has 0 amide bonds. The quantitative estimate of drug-likeness (QED) is 0.639. The van der Waals surface area contributed by atoms with Gasteiger partial charge in [0.2, 0.25) is 5.88 Å². The van der Waals surface area contributed by atoms with Crippen LogP contribution in [0.1, 0.15) is 18.7 Å². The average molecular weight is 329 g/mol. The SMILES string of the molecule is COc1cc(Nc2cncc(N[C@@H](C)c3ccc(F)cn3)n2)[nH]n1. The zero-order valence-corrected chi connectivity index (χ0v) is 13.1. The van der Waals surface area contributed by atoms with Crippen LogP contribution < -0.4 is 15.4 Å². The van der Waals surface area contributed by atoms with Gasteiger partial charge in [-0.15, -0.1) is 5.10 Å². The van der Waals surface area contributed by atoms with Gasteiger partial charge < -0.3 is 15.4 Å². The van der Waals surface area contributed by atoms with E-state index in [0.29, 0.717) is 29.0 Å². The van der Waals surface area contributed by atoms with Crippen LogP contribution in [-0.2, 0) is 0 Å². The van der Waals surface area contributed by atoms with E-state index in [0.717, 1.165) is 0 Å². The fourth-order valence-corrected chi connectivity index (χ4v) is 2.04. The Morgan fingerprint density at radius 3 is 2.75 bits per heavy atom. The normalized spacial score (nSPS) is 11.8. The van der Waals surface area contributed by atoms with Crippen molar-refractivity contribution in [2.45, 2.75) is 13.0 Å². The molecule has 8 nitrogen and oxygen atoms in total. The summed E-state index contributed by atoms with van der Waals surface area (Å²) in [7, 11) is 1.54. The summed E-state index contributed by atoms with van der Waals surface area (Å²) in [6.45, 7) is 1.90. The number of ether oxygens (including phenoxy) is 1. The van der Waals surface area contributed by atoms with Crippen molar-refractivity contribution in [3.63, 3.8) is 0 Å². The van der Waals surface area contributed by atoms with Gasteiger partial charge in [0.05, 0.1) is 37.4 Å². The number of hydrogen-bond donors (Lipinski definition) is 3. The first-order valence-corrected chi connectivity index (χ1v) is 7.20. The van der Waals surface area contributed by atoms with Crippen LogP contribution in [0.2, 0.25) is 0 Å². The molecule has 24 heavy (non-hydrogen) atoms. The Balaban J connectivity index is 1.69. The van der Waals surface area contributed by atoms with Gasteiger partial charge >= 0.3 is 0 Å². The van der Waals surface area contributed by atoms with Crippen LogP contribution >= 0.6 is 0 Å². The Morgan fingerprint density at radius 1 is 1.21 bits per heavy atom. The number of nitrogens with one attached hydrogen (secondary N) is 3. The Kier molecular flexibility index (Phi) is 4.50. The molecular weight excluding hydrogens is 313 g/mol. The highest BCUT2D eigenvalue weighted by atomic mass is 19.1. The molecule has 3 rings (SSSR count). The van der Waals surface area contributed by atoms with Crippen LogP contribution in [0.15, 0.2) is 36.8 Å². The molecule has 0 aliphatic rings. The van der Waals surface area contributed by atoms with E-state index in [2.05, 4.69) is 35.8 Å². The van der Waals surface area contributed by atoms with Gasteiger partial charge in [0.25, 0.3) is 0 Å². The van der Waals surface area contributed by atoms with Crippen LogP contribution in [-0.4, -0.2) is 32.3 Å². The van der Waals surface area contributed by atoms with Crippen LogP contribution in [0.4, 0.5) is 21.8 Å². The number of H-pyrrole nitrogens is 1. The smallest absolute Gasteiger partial charge is 0.234 e. The van der Waals surface area contributed by atoms with Gasteiger partial charge in [0.15, 0.2) is 5.82 Å². The van der Waals surface area contributed by atoms with E-state index in [1.165, 1.54) is 19.4 Å². The summed E-state index contributed by atoms with van der Waals surface area (Å²) in [6.07, 6.45) is 4.36. The third-order valence-corrected chi connectivity index (χ3v) is 3.22. The maximum atomic E-state index is 12.9. The van der Waals surface area contributed by atoms with Crippen LogP contribution in [0.5, 0.6) is 5.88 Å². The topological polar surface area (TPSA) is 101 Å². The summed E-state index contributed by atoms with van der Waals surface area (Å²) in [5.74, 6) is 1.82. The van der Waals surface area contributed by atoms with Crippen molar-refractivity contribution in [3.05, 3.63) is 48.3 Å². The van der Waals surface area contributed by atoms with Crippen molar-refractivity contribution in [1.82, 2.24) is 25.1 Å². The molecule has 3 aromatic heterocycles. The maximum Gasteiger partial charge on any atom is 0.234 e. The number of aromatic nitrogens is 5. The predicted octanol–water partition coefficient (Wildman–Crippen LogP) is 2.66. The first-order chi connectivity index (χ1) is 11.6. The molecule has 0 unspecified atom stereocenters. The minimum Gasteiger partial charge on any atom is -0.480 e. The number of methoxy groups -OCH3 is 1. The Morgan fingerprint density at radius 2 is 2.04 bits per heavy atom. The van der Waals surface area contributed by atoms with Crippen molar-refractivity contribution in [2.24, 2.45) is 0 Å². The molecule has 3 heterocycles. The van der Waals surface area contributed by atoms with Crippen molar-refractivity contribution in [3.8, 4) is 5.88 Å². The molecule has 0 saturated heterocycles. The van der Waals surface area contributed by atoms with E-state index < -0.39 is 0 Å². The molecule has 0 aliphatic carbocycles. The van der Waals surface area contributed by atoms with Crippen LogP contribution in [0.3, 0.4) is 0 Å². The van der Waals surface area contributed by atoms with Crippen LogP contribution in [0.25, 0.3) is 0 Å². The second kappa shape index (κ2) is 6.90. The molecule has 1 atom stereocenters. The minimum atomic E-state index is -0.369. The summed E-state index contributed by atoms with van der Waals surface area (Å²) in [5.41, 5.74) is 0.704. The van der Waals surface area contributed by atoms with Gasteiger partial charge in [-0.1, -0.05) is 0 Å². The highest BCUT2D eigenvalue weighted by Gasteiger charge is 2.09. The van der Waals surface area contributed by atoms with Gasteiger partial charge in [0, 0.05) is 6.07 Å². The molecule has 3 N–H and O–H groups in total. The second-order valence-corrected chi connectivity index (χ2v) is 5.01. The average Bonchev–Trinajstić information content (AvgIpc) is 3.03. The number of pyridine rings is 1. The number of rotatable bonds is 6. The summed E-state index contributed by atoms with van der Waals surface area (Å²) < 4.78 is 17.9. The van der Waals surface area contributed by atoms with E-state index in [4.69, 9.17) is 4.74 Å². The molecule has 0 bridgehead atoms. The molecule has 0 saturated carbocycles. The molecule has 0 aliphatic heterocycles. The summed E-state index contributed by atoms with van der Waals surface area (Å²) in [5, 5.41) is 12.9. The standard InChI is InChI=1S/C15H16FN7O/c1-9(11-4-3-10(16)6-18-11)19-13-7-17-8-14(21-13)20-12-5-15(24-2)23-22-12/h3-9H,1-2H3,(H3,19,20,21,22,23)/t9-/m0/s1. The van der Waals surface area contributed by atoms with Crippen molar-refractivity contribution >= 4 is 17.5 Å². The Hall–Kier alpha value is -3.23. The molecule has 0 aromatic carbocycles. The lowest BCUT2D eigenvalue weighted by Gasteiger charge is -2.14. The van der Waals surface area contributed by atoms with E-state index in [1.54, 1.807) is 24.5 Å². The third kappa shape index (κ3) is 3.75. The molecule has 0 spiro atoms. The van der Waals surface area contributed by atoms with Crippen molar-refractivity contribution in [1.29, 1.82) is 0 Å². The van der Waals surface area contributed by atoms with Gasteiger partial charge in [-0.3, -0.25) is 15.1 Å². The van der Waals surface area contributed by atoms with Gasteiger partial charge in [-0.05, 0) is 19.1 Å². The van der Waals surface area contributed by atoms with E-state index in [-0.39, 0.29) is 11.9 Å². The lowest BCUT2D eigenvalue weighted by atomic mass is 10.2. The molecule has 3 aromatic rings. The van der Waals surface area contributed by atoms with Crippen LogP contribution in [0, 0.1) is 5.82 Å². The zero-order chi connectivity index (χ0) is 16.9. The Labute approximate surface area is 137 Å². The fraction of sp³-hybridized carbons (Fsp3) is 0.200. The summed E-state index contributed by atoms with van der Waals surface area (Å²) >= 11 is 0. The monoisotopic (exact) mass is 329 g/mol. The van der Waals surface area contributed by atoms with E-state index in [9.17, 15) is 4.39 Å². The number of halogens is 1. The van der Waals surface area contributed by atoms with Crippen molar-refractivity contribution in [2.75, 3.05) is 17.7 Å². The van der Waals surface area contributed by atoms with E-state index >= 15 is 0 Å². The first kappa shape index (κ1) is 15.7. The first-order valence-electron chi connectivity index (χ1n) is 7.20. The van der Waals surface area contributed by atoms with Gasteiger partial charge in [-0.2, -0.15) is 0 Å². The fourth-order valence-electron chi connectivity index (χ4n) is 2.04. The van der Waals surface area contributed by atoms with Crippen molar-refractivity contribution < 1.29 is 9.13 Å². The van der Waals surface area contributed by atoms with E-state index in [1.807, 2.05) is 6.92 Å². The largest absolute Gasteiger partial charge is 0.480 e. The maximum absolute atomic E-state index is 12.9. The number of anilines is 3. The number of nitrogens with zero attached hydrogens (tertiary/aromatic N) is 4. The van der Waals surface area contributed by atoms with Gasteiger partial charge in [0.1, 0.15) is 17.5 Å². The molecular formula is C15H16FN7O. The Bertz CT molecular complexity index is 806. The second-order valence-electron chi connectivity index (χ2n) is 5.01. The number of hydrogen-bond acceptors (Lipinski definition) is 7. The van der Waals surface area contributed by atoms with Gasteiger partial charge in [-0.25, -0.2) is 9.37 Å². The lowest BCUT2D eigenvalue weighted by Crippen LogP contribution is -2.10. The lowest BCUT2D eigenvalue weighted by molar-refractivity contribution is 0.397. The highest BCUT2D eigenvalue weighted by Crippen LogP contribution is 2.19. The predicted molar refractivity (Wildman–Crippen MR) is 86.7 cm³/mol. The molecule has 9 heteroatoms. The number of aromatic amines is 1. The summed E-state index contributed by atoms with van der Waals surface area (Å²) in [6, 6.07) is 4.55. The third-order valence-electron chi connectivity index (χ3n) is 3.22. The summed E-state index contributed by atoms with van der Waals surface area (Å²) in [4.78, 5) is 12.6. The molecule has 0 fully saturated rings. The minimum absolute atomic E-state index is 0.151.